The highest BCUT2D eigenvalue weighted by atomic mass is 19.1. The number of amides is 2. The topological polar surface area (TPSA) is 58.2 Å². The number of hydrogen-bond acceptors (Lipinski definition) is 3. The average molecular weight is 238 g/mol. The summed E-state index contributed by atoms with van der Waals surface area (Å²) >= 11 is 0. The number of rotatable bonds is 6. The van der Waals surface area contributed by atoms with E-state index in [-0.39, 0.29) is 5.82 Å². The van der Waals surface area contributed by atoms with E-state index in [4.69, 9.17) is 0 Å². The number of imide groups is 1. The van der Waals surface area contributed by atoms with Crippen molar-refractivity contribution < 1.29 is 14.0 Å². The van der Waals surface area contributed by atoms with Gasteiger partial charge in [0, 0.05) is 5.69 Å². The van der Waals surface area contributed by atoms with Gasteiger partial charge in [-0.1, -0.05) is 19.4 Å². The molecule has 0 spiro atoms. The highest BCUT2D eigenvalue weighted by Gasteiger charge is 2.16. The standard InChI is InChI=1S/C12H15FN2O2/c1-2-4-11(12(17)14-8-16)15-10-6-3-5-9(13)7-10/h3,5-8,11,15H,2,4H2,1H3,(H,14,16,17). The van der Waals surface area contributed by atoms with E-state index in [2.05, 4.69) is 10.6 Å². The van der Waals surface area contributed by atoms with Gasteiger partial charge in [0.15, 0.2) is 0 Å². The normalized spacial score (nSPS) is 11.6. The Labute approximate surface area is 99.2 Å². The van der Waals surface area contributed by atoms with E-state index in [0.717, 1.165) is 6.42 Å². The van der Waals surface area contributed by atoms with E-state index in [1.807, 2.05) is 6.92 Å². The molecule has 0 heterocycles. The number of anilines is 1. The quantitative estimate of drug-likeness (QED) is 0.741. The van der Waals surface area contributed by atoms with Crippen LogP contribution in [0.15, 0.2) is 24.3 Å². The van der Waals surface area contributed by atoms with Crippen LogP contribution in [0.3, 0.4) is 0 Å². The smallest absolute Gasteiger partial charge is 0.248 e. The highest BCUT2D eigenvalue weighted by molar-refractivity contribution is 5.91. The fourth-order valence-corrected chi connectivity index (χ4v) is 1.50. The molecule has 1 unspecified atom stereocenters. The van der Waals surface area contributed by atoms with E-state index in [1.54, 1.807) is 12.1 Å². The Kier molecular flexibility index (Phi) is 5.13. The summed E-state index contributed by atoms with van der Waals surface area (Å²) in [5, 5.41) is 4.98. The third-order valence-electron chi connectivity index (χ3n) is 2.26. The van der Waals surface area contributed by atoms with Crippen molar-refractivity contribution in [2.24, 2.45) is 0 Å². The average Bonchev–Trinajstić information content (AvgIpc) is 2.29. The van der Waals surface area contributed by atoms with Gasteiger partial charge in [0.2, 0.25) is 12.3 Å². The molecule has 2 amide bonds. The molecule has 17 heavy (non-hydrogen) atoms. The molecule has 92 valence electrons. The van der Waals surface area contributed by atoms with Gasteiger partial charge in [-0.2, -0.15) is 0 Å². The van der Waals surface area contributed by atoms with Crippen molar-refractivity contribution in [2.45, 2.75) is 25.8 Å². The third-order valence-corrected chi connectivity index (χ3v) is 2.26. The van der Waals surface area contributed by atoms with Crippen LogP contribution in [0.4, 0.5) is 10.1 Å². The van der Waals surface area contributed by atoms with Gasteiger partial charge in [-0.25, -0.2) is 4.39 Å². The Bertz CT molecular complexity index is 396. The summed E-state index contributed by atoms with van der Waals surface area (Å²) in [4.78, 5) is 21.7. The molecular weight excluding hydrogens is 223 g/mol. The van der Waals surface area contributed by atoms with Crippen molar-refractivity contribution in [1.82, 2.24) is 5.32 Å². The predicted molar refractivity (Wildman–Crippen MR) is 62.9 cm³/mol. The molecule has 0 aliphatic rings. The number of hydrogen-bond donors (Lipinski definition) is 2. The Morgan fingerprint density at radius 3 is 2.88 bits per heavy atom. The zero-order valence-electron chi connectivity index (χ0n) is 9.57. The summed E-state index contributed by atoms with van der Waals surface area (Å²) in [6.07, 6.45) is 1.69. The van der Waals surface area contributed by atoms with Gasteiger partial charge in [0.25, 0.3) is 0 Å². The maximum Gasteiger partial charge on any atom is 0.248 e. The molecule has 1 rings (SSSR count). The minimum Gasteiger partial charge on any atom is -0.374 e. The first-order chi connectivity index (χ1) is 8.17. The second-order valence-electron chi connectivity index (χ2n) is 3.62. The highest BCUT2D eigenvalue weighted by Crippen LogP contribution is 2.12. The Morgan fingerprint density at radius 2 is 2.29 bits per heavy atom. The Hall–Kier alpha value is -1.91. The van der Waals surface area contributed by atoms with E-state index in [0.29, 0.717) is 18.5 Å². The molecule has 0 radical (unpaired) electrons. The van der Waals surface area contributed by atoms with Crippen LogP contribution in [0.5, 0.6) is 0 Å². The van der Waals surface area contributed by atoms with Crippen molar-refractivity contribution >= 4 is 18.0 Å². The number of carbonyl (C=O) groups excluding carboxylic acids is 2. The molecular formula is C12H15FN2O2. The lowest BCUT2D eigenvalue weighted by Gasteiger charge is -2.17. The van der Waals surface area contributed by atoms with Crippen molar-refractivity contribution in [1.29, 1.82) is 0 Å². The van der Waals surface area contributed by atoms with Gasteiger partial charge in [-0.3, -0.25) is 14.9 Å². The summed E-state index contributed by atoms with van der Waals surface area (Å²) in [5.74, 6) is -0.785. The Balaban J connectivity index is 2.72. The molecule has 1 aromatic carbocycles. The Morgan fingerprint density at radius 1 is 1.53 bits per heavy atom. The second kappa shape index (κ2) is 6.62. The van der Waals surface area contributed by atoms with Gasteiger partial charge < -0.3 is 5.32 Å². The first-order valence-electron chi connectivity index (χ1n) is 5.43. The van der Waals surface area contributed by atoms with E-state index in [1.165, 1.54) is 12.1 Å². The van der Waals surface area contributed by atoms with Crippen molar-refractivity contribution in [3.8, 4) is 0 Å². The van der Waals surface area contributed by atoms with Crippen LogP contribution < -0.4 is 10.6 Å². The van der Waals surface area contributed by atoms with Gasteiger partial charge in [0.05, 0.1) is 0 Å². The lowest BCUT2D eigenvalue weighted by atomic mass is 10.1. The summed E-state index contributed by atoms with van der Waals surface area (Å²) < 4.78 is 13.0. The van der Waals surface area contributed by atoms with Crippen LogP contribution in [0, 0.1) is 5.82 Å². The molecule has 0 aliphatic heterocycles. The summed E-state index contributed by atoms with van der Waals surface area (Å²) in [6, 6.07) is 5.31. The monoisotopic (exact) mass is 238 g/mol. The number of benzene rings is 1. The third kappa shape index (κ3) is 4.22. The van der Waals surface area contributed by atoms with Crippen LogP contribution >= 0.6 is 0 Å². The zero-order valence-corrected chi connectivity index (χ0v) is 9.57. The molecule has 2 N–H and O–H groups in total. The molecule has 0 bridgehead atoms. The van der Waals surface area contributed by atoms with Crippen LogP contribution in [0.1, 0.15) is 19.8 Å². The molecule has 0 saturated carbocycles. The van der Waals surface area contributed by atoms with Crippen LogP contribution in [-0.2, 0) is 9.59 Å². The lowest BCUT2D eigenvalue weighted by molar-refractivity contribution is -0.125. The summed E-state index contributed by atoms with van der Waals surface area (Å²) in [6.45, 7) is 1.93. The maximum atomic E-state index is 13.0. The summed E-state index contributed by atoms with van der Waals surface area (Å²) in [7, 11) is 0. The van der Waals surface area contributed by atoms with Crippen LogP contribution in [0.25, 0.3) is 0 Å². The zero-order chi connectivity index (χ0) is 12.7. The molecule has 0 aliphatic carbocycles. The maximum absolute atomic E-state index is 13.0. The van der Waals surface area contributed by atoms with Gasteiger partial charge >= 0.3 is 0 Å². The number of halogens is 1. The fourth-order valence-electron chi connectivity index (χ4n) is 1.50. The largest absolute Gasteiger partial charge is 0.374 e. The molecule has 4 nitrogen and oxygen atoms in total. The van der Waals surface area contributed by atoms with E-state index >= 15 is 0 Å². The minimum atomic E-state index is -0.535. The molecule has 0 fully saturated rings. The lowest BCUT2D eigenvalue weighted by Crippen LogP contribution is -2.38. The molecule has 1 atom stereocenters. The van der Waals surface area contributed by atoms with Gasteiger partial charge in [-0.05, 0) is 24.6 Å². The van der Waals surface area contributed by atoms with Crippen LogP contribution in [0.2, 0.25) is 0 Å². The van der Waals surface area contributed by atoms with Crippen molar-refractivity contribution in [2.75, 3.05) is 5.32 Å². The number of nitrogens with one attached hydrogen (secondary N) is 2. The summed E-state index contributed by atoms with van der Waals surface area (Å²) in [5.41, 5.74) is 0.518. The molecule has 5 heteroatoms. The molecule has 1 aromatic rings. The SMILES string of the molecule is CCCC(Nc1cccc(F)c1)C(=O)NC=O. The predicted octanol–water partition coefficient (Wildman–Crippen LogP) is 1.68. The van der Waals surface area contributed by atoms with Crippen molar-refractivity contribution in [3.05, 3.63) is 30.1 Å². The van der Waals surface area contributed by atoms with E-state index in [9.17, 15) is 14.0 Å². The second-order valence-corrected chi connectivity index (χ2v) is 3.62. The van der Waals surface area contributed by atoms with Gasteiger partial charge in [0.1, 0.15) is 11.9 Å². The van der Waals surface area contributed by atoms with E-state index < -0.39 is 11.9 Å². The minimum absolute atomic E-state index is 0.345. The molecule has 0 saturated heterocycles. The number of carbonyl (C=O) groups is 2. The van der Waals surface area contributed by atoms with Crippen LogP contribution in [-0.4, -0.2) is 18.4 Å². The fraction of sp³-hybridized carbons (Fsp3) is 0.333. The molecule has 0 aromatic heterocycles. The first-order valence-corrected chi connectivity index (χ1v) is 5.43. The van der Waals surface area contributed by atoms with Crippen molar-refractivity contribution in [3.63, 3.8) is 0 Å². The van der Waals surface area contributed by atoms with Gasteiger partial charge in [-0.15, -0.1) is 0 Å². The first kappa shape index (κ1) is 13.2.